The van der Waals surface area contributed by atoms with Gasteiger partial charge in [-0.25, -0.2) is 4.98 Å². The standard InChI is InChI=1S/C22H21N5OS2/c1-14-9-16(3)18(10-15(14)2)19-11-29-21(24-19)25-20(28)12-30-22-26-23-13-27(22)17-7-5-4-6-8-17/h4-11,13H,12H2,1-3H3,(H,24,25,28). The van der Waals surface area contributed by atoms with Crippen molar-refractivity contribution in [2.75, 3.05) is 11.1 Å². The smallest absolute Gasteiger partial charge is 0.236 e. The van der Waals surface area contributed by atoms with Crippen LogP contribution in [-0.4, -0.2) is 31.4 Å². The zero-order chi connectivity index (χ0) is 21.1. The molecule has 0 aliphatic carbocycles. The average Bonchev–Trinajstić information content (AvgIpc) is 3.39. The van der Waals surface area contributed by atoms with Gasteiger partial charge in [0.2, 0.25) is 5.91 Å². The number of rotatable bonds is 6. The second kappa shape index (κ2) is 8.81. The van der Waals surface area contributed by atoms with Crippen molar-refractivity contribution in [3.63, 3.8) is 0 Å². The number of benzene rings is 2. The fourth-order valence-electron chi connectivity index (χ4n) is 3.07. The van der Waals surface area contributed by atoms with E-state index in [1.54, 1.807) is 6.33 Å². The molecule has 152 valence electrons. The minimum atomic E-state index is -0.125. The molecule has 6 nitrogen and oxygen atoms in total. The van der Waals surface area contributed by atoms with E-state index in [-0.39, 0.29) is 11.7 Å². The van der Waals surface area contributed by atoms with Crippen molar-refractivity contribution in [1.29, 1.82) is 0 Å². The molecule has 4 rings (SSSR count). The summed E-state index contributed by atoms with van der Waals surface area (Å²) in [5, 5.41) is 14.2. The van der Waals surface area contributed by atoms with Gasteiger partial charge in [0, 0.05) is 16.6 Å². The molecule has 0 unspecified atom stereocenters. The lowest BCUT2D eigenvalue weighted by Crippen LogP contribution is -2.14. The van der Waals surface area contributed by atoms with Crippen LogP contribution >= 0.6 is 23.1 Å². The first-order chi connectivity index (χ1) is 14.5. The summed E-state index contributed by atoms with van der Waals surface area (Å²) in [7, 11) is 0. The van der Waals surface area contributed by atoms with E-state index in [9.17, 15) is 4.79 Å². The SMILES string of the molecule is Cc1cc(C)c(-c2csc(NC(=O)CSc3nncn3-c3ccccc3)n2)cc1C. The highest BCUT2D eigenvalue weighted by atomic mass is 32.2. The van der Waals surface area contributed by atoms with Crippen LogP contribution < -0.4 is 5.32 Å². The minimum absolute atomic E-state index is 0.125. The van der Waals surface area contributed by atoms with E-state index >= 15 is 0 Å². The number of thiazole rings is 1. The predicted molar refractivity (Wildman–Crippen MR) is 122 cm³/mol. The number of nitrogens with one attached hydrogen (secondary N) is 1. The molecule has 2 aromatic heterocycles. The average molecular weight is 436 g/mol. The second-order valence-corrected chi connectivity index (χ2v) is 8.75. The summed E-state index contributed by atoms with van der Waals surface area (Å²) in [5.74, 6) is 0.101. The molecule has 8 heteroatoms. The highest BCUT2D eigenvalue weighted by molar-refractivity contribution is 7.99. The number of hydrogen-bond acceptors (Lipinski definition) is 6. The van der Waals surface area contributed by atoms with Crippen molar-refractivity contribution < 1.29 is 4.79 Å². The Balaban J connectivity index is 1.41. The molecule has 4 aromatic rings. The predicted octanol–water partition coefficient (Wildman–Crippen LogP) is 5.05. The van der Waals surface area contributed by atoms with Crippen LogP contribution in [0.5, 0.6) is 0 Å². The quantitative estimate of drug-likeness (QED) is 0.429. The molecule has 0 spiro atoms. The Kier molecular flexibility index (Phi) is 5.96. The summed E-state index contributed by atoms with van der Waals surface area (Å²) >= 11 is 2.77. The van der Waals surface area contributed by atoms with Crippen molar-refractivity contribution in [2.24, 2.45) is 0 Å². The Morgan fingerprint density at radius 1 is 1.10 bits per heavy atom. The number of hydrogen-bond donors (Lipinski definition) is 1. The Hall–Kier alpha value is -2.97. The number of carbonyl (C=O) groups excluding carboxylic acids is 1. The van der Waals surface area contributed by atoms with Gasteiger partial charge in [-0.2, -0.15) is 0 Å². The third kappa shape index (κ3) is 4.44. The lowest BCUT2D eigenvalue weighted by Gasteiger charge is -2.07. The summed E-state index contributed by atoms with van der Waals surface area (Å²) in [5.41, 5.74) is 6.61. The van der Waals surface area contributed by atoms with Crippen LogP contribution in [0.3, 0.4) is 0 Å². The second-order valence-electron chi connectivity index (χ2n) is 6.95. The van der Waals surface area contributed by atoms with Gasteiger partial charge < -0.3 is 5.32 Å². The van der Waals surface area contributed by atoms with Gasteiger partial charge in [0.15, 0.2) is 10.3 Å². The van der Waals surface area contributed by atoms with E-state index in [1.165, 1.54) is 39.8 Å². The number of aromatic nitrogens is 4. The number of aryl methyl sites for hydroxylation is 3. The fourth-order valence-corrected chi connectivity index (χ4v) is 4.52. The molecule has 0 fully saturated rings. The van der Waals surface area contributed by atoms with Crippen molar-refractivity contribution >= 4 is 34.1 Å². The number of thioether (sulfide) groups is 1. The Morgan fingerprint density at radius 3 is 2.67 bits per heavy atom. The summed E-state index contributed by atoms with van der Waals surface area (Å²) in [6.07, 6.45) is 1.65. The van der Waals surface area contributed by atoms with Crippen LogP contribution in [0.1, 0.15) is 16.7 Å². The van der Waals surface area contributed by atoms with Gasteiger partial charge in [-0.05, 0) is 55.7 Å². The van der Waals surface area contributed by atoms with Crippen LogP contribution in [0, 0.1) is 20.8 Å². The van der Waals surface area contributed by atoms with Crippen LogP contribution in [0.2, 0.25) is 0 Å². The fraction of sp³-hybridized carbons (Fsp3) is 0.182. The van der Waals surface area contributed by atoms with Gasteiger partial charge >= 0.3 is 0 Å². The molecule has 30 heavy (non-hydrogen) atoms. The maximum absolute atomic E-state index is 12.4. The van der Waals surface area contributed by atoms with Crippen LogP contribution in [-0.2, 0) is 4.79 Å². The Bertz CT molecular complexity index is 1180. The van der Waals surface area contributed by atoms with E-state index in [1.807, 2.05) is 40.3 Å². The molecule has 1 N–H and O–H groups in total. The first-order valence-electron chi connectivity index (χ1n) is 9.43. The summed E-state index contributed by atoms with van der Waals surface area (Å²) < 4.78 is 1.86. The van der Waals surface area contributed by atoms with Crippen molar-refractivity contribution in [3.05, 3.63) is 70.9 Å². The van der Waals surface area contributed by atoms with Crippen molar-refractivity contribution in [1.82, 2.24) is 19.7 Å². The zero-order valence-corrected chi connectivity index (χ0v) is 18.5. The monoisotopic (exact) mass is 435 g/mol. The third-order valence-corrected chi connectivity index (χ3v) is 6.45. The Labute approximate surface area is 183 Å². The molecule has 0 radical (unpaired) electrons. The first-order valence-corrected chi connectivity index (χ1v) is 11.3. The third-order valence-electron chi connectivity index (χ3n) is 4.75. The zero-order valence-electron chi connectivity index (χ0n) is 16.9. The van der Waals surface area contributed by atoms with E-state index < -0.39 is 0 Å². The molecule has 2 heterocycles. The topological polar surface area (TPSA) is 72.7 Å². The highest BCUT2D eigenvalue weighted by Crippen LogP contribution is 2.29. The number of para-hydroxylation sites is 1. The normalized spacial score (nSPS) is 10.9. The van der Waals surface area contributed by atoms with E-state index in [4.69, 9.17) is 0 Å². The molecule has 0 bridgehead atoms. The van der Waals surface area contributed by atoms with Gasteiger partial charge in [-0.15, -0.1) is 21.5 Å². The maximum atomic E-state index is 12.4. The molecule has 0 aliphatic heterocycles. The van der Waals surface area contributed by atoms with E-state index in [0.29, 0.717) is 10.3 Å². The van der Waals surface area contributed by atoms with Crippen LogP contribution in [0.25, 0.3) is 16.9 Å². The lowest BCUT2D eigenvalue weighted by molar-refractivity contribution is -0.113. The van der Waals surface area contributed by atoms with Gasteiger partial charge in [0.05, 0.1) is 11.4 Å². The van der Waals surface area contributed by atoms with Crippen molar-refractivity contribution in [2.45, 2.75) is 25.9 Å². The molecular weight excluding hydrogens is 414 g/mol. The molecule has 0 saturated heterocycles. The summed E-state index contributed by atoms with van der Waals surface area (Å²) in [4.78, 5) is 17.1. The maximum Gasteiger partial charge on any atom is 0.236 e. The van der Waals surface area contributed by atoms with Gasteiger partial charge in [0.25, 0.3) is 0 Å². The molecule has 1 amide bonds. The van der Waals surface area contributed by atoms with E-state index in [0.717, 1.165) is 16.9 Å². The largest absolute Gasteiger partial charge is 0.301 e. The van der Waals surface area contributed by atoms with Crippen LogP contribution in [0.4, 0.5) is 5.13 Å². The molecule has 2 aromatic carbocycles. The highest BCUT2D eigenvalue weighted by Gasteiger charge is 2.13. The first kappa shape index (κ1) is 20.3. The molecular formula is C22H21N5OS2. The van der Waals surface area contributed by atoms with Gasteiger partial charge in [-0.3, -0.25) is 9.36 Å². The molecule has 0 saturated carbocycles. The van der Waals surface area contributed by atoms with Gasteiger partial charge in [0.1, 0.15) is 6.33 Å². The van der Waals surface area contributed by atoms with Gasteiger partial charge in [-0.1, -0.05) is 36.0 Å². The van der Waals surface area contributed by atoms with Crippen LogP contribution in [0.15, 0.2) is 59.3 Å². The van der Waals surface area contributed by atoms with Crippen molar-refractivity contribution in [3.8, 4) is 16.9 Å². The number of nitrogens with zero attached hydrogens (tertiary/aromatic N) is 4. The minimum Gasteiger partial charge on any atom is -0.301 e. The lowest BCUT2D eigenvalue weighted by atomic mass is 9.99. The number of amides is 1. The molecule has 0 aliphatic rings. The summed E-state index contributed by atoms with van der Waals surface area (Å²) in [6.45, 7) is 6.28. The molecule has 0 atom stereocenters. The van der Waals surface area contributed by atoms with E-state index in [2.05, 4.69) is 53.4 Å². The number of carbonyl (C=O) groups is 1. The number of anilines is 1. The Morgan fingerprint density at radius 2 is 1.87 bits per heavy atom. The summed E-state index contributed by atoms with van der Waals surface area (Å²) in [6, 6.07) is 14.1.